The molecule has 0 unspecified atom stereocenters. The van der Waals surface area contributed by atoms with Crippen molar-refractivity contribution in [2.75, 3.05) is 23.8 Å². The van der Waals surface area contributed by atoms with Crippen LogP contribution in [0.2, 0.25) is 0 Å². The van der Waals surface area contributed by atoms with Gasteiger partial charge in [-0.1, -0.05) is 18.2 Å². The molecule has 0 aliphatic rings. The Morgan fingerprint density at radius 3 is 2.13 bits per heavy atom. The lowest BCUT2D eigenvalue weighted by Crippen LogP contribution is -2.34. The van der Waals surface area contributed by atoms with Crippen molar-refractivity contribution < 1.29 is 17.9 Å². The van der Waals surface area contributed by atoms with Crippen LogP contribution in [0.25, 0.3) is 0 Å². The minimum Gasteiger partial charge on any atom is -0.497 e. The van der Waals surface area contributed by atoms with Gasteiger partial charge >= 0.3 is 0 Å². The molecule has 2 N–H and O–H groups in total. The number of anilines is 2. The molecular formula is C22H21N3O4S2. The Balaban J connectivity index is 1.64. The third-order valence-corrected chi connectivity index (χ3v) is 6.47. The number of amides is 1. The van der Waals surface area contributed by atoms with E-state index in [-0.39, 0.29) is 15.9 Å². The Kier molecular flexibility index (Phi) is 6.88. The predicted octanol–water partition coefficient (Wildman–Crippen LogP) is 3.65. The third kappa shape index (κ3) is 5.39. The van der Waals surface area contributed by atoms with Gasteiger partial charge in [0.15, 0.2) is 5.11 Å². The lowest BCUT2D eigenvalue weighted by molar-refractivity contribution is 0.0977. The highest BCUT2D eigenvalue weighted by Gasteiger charge is 2.21. The average Bonchev–Trinajstić information content (AvgIpc) is 2.79. The molecule has 0 aliphatic heterocycles. The Morgan fingerprint density at radius 2 is 1.55 bits per heavy atom. The molecule has 3 aromatic rings. The van der Waals surface area contributed by atoms with Gasteiger partial charge in [0.05, 0.1) is 17.7 Å². The molecule has 160 valence electrons. The van der Waals surface area contributed by atoms with Crippen molar-refractivity contribution in [1.82, 2.24) is 5.32 Å². The van der Waals surface area contributed by atoms with E-state index < -0.39 is 10.0 Å². The number of nitrogens with one attached hydrogen (secondary N) is 2. The first-order chi connectivity index (χ1) is 14.8. The zero-order valence-electron chi connectivity index (χ0n) is 16.9. The summed E-state index contributed by atoms with van der Waals surface area (Å²) < 4.78 is 31.9. The number of para-hydroxylation sites is 1. The van der Waals surface area contributed by atoms with Gasteiger partial charge in [-0.25, -0.2) is 8.42 Å². The molecule has 3 aromatic carbocycles. The van der Waals surface area contributed by atoms with E-state index in [2.05, 4.69) is 10.6 Å². The van der Waals surface area contributed by atoms with Crippen molar-refractivity contribution in [3.63, 3.8) is 0 Å². The maximum Gasteiger partial charge on any atom is 0.264 e. The molecule has 0 atom stereocenters. The SMILES string of the molecule is COc1ccc(C(=O)NC(=S)Nc2ccc(S(=O)(=O)N(C)c3ccccc3)cc2)cc1. The van der Waals surface area contributed by atoms with Gasteiger partial charge in [-0.3, -0.25) is 14.4 Å². The standard InChI is InChI=1S/C22H21N3O4S2/c1-25(18-6-4-3-5-7-18)31(27,28)20-14-10-17(11-15-20)23-22(30)24-21(26)16-8-12-19(29-2)13-9-16/h3-15H,1-2H3,(H2,23,24,26,30). The van der Waals surface area contributed by atoms with Gasteiger partial charge in [0.1, 0.15) is 5.75 Å². The van der Waals surface area contributed by atoms with E-state index >= 15 is 0 Å². The summed E-state index contributed by atoms with van der Waals surface area (Å²) in [6.45, 7) is 0. The maximum atomic E-state index is 12.8. The minimum absolute atomic E-state index is 0.0952. The van der Waals surface area contributed by atoms with Crippen molar-refractivity contribution in [1.29, 1.82) is 0 Å². The Labute approximate surface area is 186 Å². The molecule has 0 saturated carbocycles. The molecule has 9 heteroatoms. The molecule has 0 aromatic heterocycles. The smallest absolute Gasteiger partial charge is 0.264 e. The molecule has 0 saturated heterocycles. The van der Waals surface area contributed by atoms with Crippen LogP contribution in [0, 0.1) is 0 Å². The van der Waals surface area contributed by atoms with Gasteiger partial charge in [-0.15, -0.1) is 0 Å². The molecule has 31 heavy (non-hydrogen) atoms. The summed E-state index contributed by atoms with van der Waals surface area (Å²) in [6.07, 6.45) is 0. The zero-order chi connectivity index (χ0) is 22.4. The van der Waals surface area contributed by atoms with E-state index in [1.165, 1.54) is 23.5 Å². The number of hydrogen-bond acceptors (Lipinski definition) is 5. The van der Waals surface area contributed by atoms with E-state index in [0.717, 1.165) is 0 Å². The van der Waals surface area contributed by atoms with Gasteiger partial charge < -0.3 is 10.1 Å². The molecule has 0 fully saturated rings. The third-order valence-electron chi connectivity index (χ3n) is 4.47. The van der Waals surface area contributed by atoms with Crippen LogP contribution < -0.4 is 19.7 Å². The second-order valence-electron chi connectivity index (χ2n) is 6.47. The molecule has 0 bridgehead atoms. The van der Waals surface area contributed by atoms with Crippen molar-refractivity contribution in [2.24, 2.45) is 0 Å². The highest BCUT2D eigenvalue weighted by molar-refractivity contribution is 7.92. The highest BCUT2D eigenvalue weighted by Crippen LogP contribution is 2.22. The fourth-order valence-electron chi connectivity index (χ4n) is 2.73. The van der Waals surface area contributed by atoms with Crippen molar-refractivity contribution in [3.05, 3.63) is 84.4 Å². The van der Waals surface area contributed by atoms with Crippen LogP contribution in [-0.4, -0.2) is 33.6 Å². The molecule has 1 amide bonds. The van der Waals surface area contributed by atoms with Crippen LogP contribution in [-0.2, 0) is 10.0 Å². The lowest BCUT2D eigenvalue weighted by Gasteiger charge is -2.19. The van der Waals surface area contributed by atoms with Gasteiger partial charge in [0, 0.05) is 18.3 Å². The first-order valence-corrected chi connectivity index (χ1v) is 11.1. The Bertz CT molecular complexity index is 1160. The van der Waals surface area contributed by atoms with E-state index in [9.17, 15) is 13.2 Å². The predicted molar refractivity (Wildman–Crippen MR) is 125 cm³/mol. The average molecular weight is 456 g/mol. The monoisotopic (exact) mass is 455 g/mol. The van der Waals surface area contributed by atoms with Crippen LogP contribution >= 0.6 is 12.2 Å². The van der Waals surface area contributed by atoms with Crippen LogP contribution in [0.4, 0.5) is 11.4 Å². The number of carbonyl (C=O) groups is 1. The number of ether oxygens (including phenoxy) is 1. The summed E-state index contributed by atoms with van der Waals surface area (Å²) in [6, 6.07) is 21.5. The summed E-state index contributed by atoms with van der Waals surface area (Å²) in [4.78, 5) is 12.4. The van der Waals surface area contributed by atoms with Crippen molar-refractivity contribution >= 4 is 44.6 Å². The quantitative estimate of drug-likeness (QED) is 0.552. The van der Waals surface area contributed by atoms with Crippen LogP contribution in [0.3, 0.4) is 0 Å². The van der Waals surface area contributed by atoms with Crippen LogP contribution in [0.15, 0.2) is 83.8 Å². The Hall–Kier alpha value is -3.43. The number of methoxy groups -OCH3 is 1. The first kappa shape index (κ1) is 22.3. The first-order valence-electron chi connectivity index (χ1n) is 9.21. The number of thiocarbonyl (C=S) groups is 1. The number of benzene rings is 3. The minimum atomic E-state index is -3.71. The normalized spacial score (nSPS) is 10.8. The van der Waals surface area contributed by atoms with Crippen LogP contribution in [0.5, 0.6) is 5.75 Å². The second kappa shape index (κ2) is 9.59. The number of sulfonamides is 1. The topological polar surface area (TPSA) is 87.7 Å². The van der Waals surface area contributed by atoms with Gasteiger partial charge in [-0.05, 0) is 72.9 Å². The number of hydrogen-bond donors (Lipinski definition) is 2. The van der Waals surface area contributed by atoms with E-state index in [0.29, 0.717) is 22.7 Å². The summed E-state index contributed by atoms with van der Waals surface area (Å²) >= 11 is 5.18. The van der Waals surface area contributed by atoms with Gasteiger partial charge in [-0.2, -0.15) is 0 Å². The van der Waals surface area contributed by atoms with Crippen molar-refractivity contribution in [3.8, 4) is 5.75 Å². The van der Waals surface area contributed by atoms with Crippen LogP contribution in [0.1, 0.15) is 10.4 Å². The van der Waals surface area contributed by atoms with Gasteiger partial charge in [0.2, 0.25) is 0 Å². The summed E-state index contributed by atoms with van der Waals surface area (Å²) in [5, 5.41) is 5.55. The number of nitrogens with zero attached hydrogens (tertiary/aromatic N) is 1. The molecule has 0 aliphatic carbocycles. The zero-order valence-corrected chi connectivity index (χ0v) is 18.5. The van der Waals surface area contributed by atoms with E-state index in [4.69, 9.17) is 17.0 Å². The second-order valence-corrected chi connectivity index (χ2v) is 8.85. The van der Waals surface area contributed by atoms with Gasteiger partial charge in [0.25, 0.3) is 15.9 Å². The molecule has 0 heterocycles. The fraction of sp³-hybridized carbons (Fsp3) is 0.0909. The highest BCUT2D eigenvalue weighted by atomic mass is 32.2. The summed E-state index contributed by atoms with van der Waals surface area (Å²) in [7, 11) is -0.659. The molecular weight excluding hydrogens is 434 g/mol. The molecule has 3 rings (SSSR count). The Morgan fingerprint density at radius 1 is 0.935 bits per heavy atom. The molecule has 7 nitrogen and oxygen atoms in total. The van der Waals surface area contributed by atoms with E-state index in [1.807, 2.05) is 6.07 Å². The summed E-state index contributed by atoms with van der Waals surface area (Å²) in [5.74, 6) is 0.272. The largest absolute Gasteiger partial charge is 0.497 e. The maximum absolute atomic E-state index is 12.8. The van der Waals surface area contributed by atoms with E-state index in [1.54, 1.807) is 67.8 Å². The molecule has 0 spiro atoms. The van der Waals surface area contributed by atoms with Crippen molar-refractivity contribution in [2.45, 2.75) is 4.90 Å². The molecule has 0 radical (unpaired) electrons. The fourth-order valence-corrected chi connectivity index (χ4v) is 4.13. The summed E-state index contributed by atoms with van der Waals surface area (Å²) in [5.41, 5.74) is 1.53. The lowest BCUT2D eigenvalue weighted by atomic mass is 10.2. The number of rotatable bonds is 6. The number of carbonyl (C=O) groups excluding carboxylic acids is 1.